The van der Waals surface area contributed by atoms with Gasteiger partial charge in [0.05, 0.1) is 18.1 Å². The molecule has 1 heterocycles. The van der Waals surface area contributed by atoms with Crippen LogP contribution < -0.4 is 5.32 Å². The fraction of sp³-hybridized carbons (Fsp3) is 0.385. The number of hydrogen-bond acceptors (Lipinski definition) is 2. The van der Waals surface area contributed by atoms with E-state index in [1.807, 2.05) is 18.2 Å². The van der Waals surface area contributed by atoms with Crippen molar-refractivity contribution in [3.05, 3.63) is 30.0 Å². The molecule has 1 saturated carbocycles. The molecule has 1 aromatic carbocycles. The third-order valence-corrected chi connectivity index (χ3v) is 3.34. The van der Waals surface area contributed by atoms with Crippen LogP contribution in [0.3, 0.4) is 0 Å². The fourth-order valence-electron chi connectivity index (χ4n) is 2.11. The summed E-state index contributed by atoms with van der Waals surface area (Å²) in [6.07, 6.45) is 5.74. The molecule has 3 rings (SSSR count). The van der Waals surface area contributed by atoms with Gasteiger partial charge in [0.15, 0.2) is 0 Å². The van der Waals surface area contributed by atoms with Crippen molar-refractivity contribution in [3.8, 4) is 0 Å². The smallest absolute Gasteiger partial charge is 0.224 e. The lowest BCUT2D eigenvalue weighted by atomic mass is 9.93. The Morgan fingerprint density at radius 1 is 1.47 bits per heavy atom. The number of fused-ring (bicyclic) bond motifs is 1. The highest BCUT2D eigenvalue weighted by atomic mass is 16.1. The van der Waals surface area contributed by atoms with Crippen molar-refractivity contribution in [2.45, 2.75) is 31.7 Å². The average molecular weight is 229 g/mol. The molecular formula is C13H15N3O. The molecular weight excluding hydrogens is 214 g/mol. The molecule has 2 N–H and O–H groups in total. The number of carbonyl (C=O) groups excluding carboxylic acids is 1. The highest BCUT2D eigenvalue weighted by molar-refractivity contribution is 5.82. The lowest BCUT2D eigenvalue weighted by Gasteiger charge is -2.26. The number of H-pyrrole nitrogens is 1. The molecule has 0 bridgehead atoms. The summed E-state index contributed by atoms with van der Waals surface area (Å²) in [6, 6.07) is 6.38. The van der Waals surface area contributed by atoms with E-state index in [0.717, 1.165) is 29.3 Å². The van der Waals surface area contributed by atoms with Crippen molar-refractivity contribution in [2.75, 3.05) is 0 Å². The summed E-state index contributed by atoms with van der Waals surface area (Å²) < 4.78 is 0. The molecule has 17 heavy (non-hydrogen) atoms. The quantitative estimate of drug-likeness (QED) is 0.842. The Labute approximate surface area is 99.4 Å². The van der Waals surface area contributed by atoms with E-state index in [-0.39, 0.29) is 5.91 Å². The maximum atomic E-state index is 11.8. The van der Waals surface area contributed by atoms with Crippen LogP contribution in [-0.4, -0.2) is 22.1 Å². The molecule has 1 aromatic heterocycles. The summed E-state index contributed by atoms with van der Waals surface area (Å²) in [5.41, 5.74) is 2.01. The molecule has 0 aliphatic heterocycles. The average Bonchev–Trinajstić information content (AvgIpc) is 2.71. The van der Waals surface area contributed by atoms with Crippen molar-refractivity contribution < 1.29 is 4.79 Å². The number of aromatic amines is 1. The van der Waals surface area contributed by atoms with Crippen molar-refractivity contribution in [1.82, 2.24) is 15.5 Å². The second-order valence-electron chi connectivity index (χ2n) is 4.66. The molecule has 0 radical (unpaired) electrons. The zero-order valence-electron chi connectivity index (χ0n) is 9.57. The number of benzene rings is 1. The van der Waals surface area contributed by atoms with Crippen LogP contribution in [0.15, 0.2) is 24.4 Å². The standard InChI is InChI=1S/C13H15N3O/c17-13(15-11-2-1-3-11)7-9-4-5-10-8-14-16-12(10)6-9/h4-6,8,11H,1-3,7H2,(H,14,16)(H,15,17). The third kappa shape index (κ3) is 2.16. The van der Waals surface area contributed by atoms with E-state index in [4.69, 9.17) is 0 Å². The van der Waals surface area contributed by atoms with E-state index < -0.39 is 0 Å². The summed E-state index contributed by atoms with van der Waals surface area (Å²) in [6.45, 7) is 0. The van der Waals surface area contributed by atoms with Crippen LogP contribution in [-0.2, 0) is 11.2 Å². The molecule has 0 atom stereocenters. The lowest BCUT2D eigenvalue weighted by Crippen LogP contribution is -2.40. The zero-order valence-corrected chi connectivity index (χ0v) is 9.57. The highest BCUT2D eigenvalue weighted by Crippen LogP contribution is 2.18. The Morgan fingerprint density at radius 3 is 3.12 bits per heavy atom. The Balaban J connectivity index is 1.68. The second kappa shape index (κ2) is 4.20. The van der Waals surface area contributed by atoms with E-state index in [9.17, 15) is 4.79 Å². The van der Waals surface area contributed by atoms with Gasteiger partial charge < -0.3 is 5.32 Å². The van der Waals surface area contributed by atoms with E-state index >= 15 is 0 Å². The molecule has 4 heteroatoms. The summed E-state index contributed by atoms with van der Waals surface area (Å²) in [5, 5.41) is 11.0. The van der Waals surface area contributed by atoms with Crippen molar-refractivity contribution >= 4 is 16.8 Å². The summed E-state index contributed by atoms with van der Waals surface area (Å²) in [4.78, 5) is 11.8. The number of nitrogens with zero attached hydrogens (tertiary/aromatic N) is 1. The van der Waals surface area contributed by atoms with Gasteiger partial charge in [-0.25, -0.2) is 0 Å². The minimum atomic E-state index is 0.119. The summed E-state index contributed by atoms with van der Waals surface area (Å²) in [7, 11) is 0. The Morgan fingerprint density at radius 2 is 2.35 bits per heavy atom. The van der Waals surface area contributed by atoms with E-state index in [0.29, 0.717) is 12.5 Å². The van der Waals surface area contributed by atoms with Crippen LogP contribution >= 0.6 is 0 Å². The van der Waals surface area contributed by atoms with Crippen molar-refractivity contribution in [3.63, 3.8) is 0 Å². The first-order valence-corrected chi connectivity index (χ1v) is 6.02. The van der Waals surface area contributed by atoms with Crippen LogP contribution in [0.4, 0.5) is 0 Å². The molecule has 1 aliphatic rings. The van der Waals surface area contributed by atoms with Crippen molar-refractivity contribution in [1.29, 1.82) is 0 Å². The predicted octanol–water partition coefficient (Wildman–Crippen LogP) is 1.77. The molecule has 1 fully saturated rings. The van der Waals surface area contributed by atoms with E-state index in [2.05, 4.69) is 15.5 Å². The van der Waals surface area contributed by atoms with Crippen LogP contribution in [0.25, 0.3) is 10.9 Å². The molecule has 0 unspecified atom stereocenters. The zero-order chi connectivity index (χ0) is 11.7. The minimum Gasteiger partial charge on any atom is -0.353 e. The monoisotopic (exact) mass is 229 g/mol. The number of carbonyl (C=O) groups is 1. The first-order valence-electron chi connectivity index (χ1n) is 6.02. The third-order valence-electron chi connectivity index (χ3n) is 3.34. The highest BCUT2D eigenvalue weighted by Gasteiger charge is 2.19. The Kier molecular flexibility index (Phi) is 2.55. The van der Waals surface area contributed by atoms with Gasteiger partial charge in [-0.3, -0.25) is 9.89 Å². The predicted molar refractivity (Wildman–Crippen MR) is 65.6 cm³/mol. The summed E-state index contributed by atoms with van der Waals surface area (Å²) >= 11 is 0. The maximum absolute atomic E-state index is 11.8. The van der Waals surface area contributed by atoms with Gasteiger partial charge in [0.25, 0.3) is 0 Å². The number of amides is 1. The van der Waals surface area contributed by atoms with Crippen LogP contribution in [0, 0.1) is 0 Å². The fourth-order valence-corrected chi connectivity index (χ4v) is 2.11. The molecule has 88 valence electrons. The SMILES string of the molecule is O=C(Cc1ccc2cn[nH]c2c1)NC1CCC1. The van der Waals surface area contributed by atoms with E-state index in [1.165, 1.54) is 6.42 Å². The van der Waals surface area contributed by atoms with Crippen LogP contribution in [0.5, 0.6) is 0 Å². The van der Waals surface area contributed by atoms with Gasteiger partial charge in [-0.2, -0.15) is 5.10 Å². The maximum Gasteiger partial charge on any atom is 0.224 e. The van der Waals surface area contributed by atoms with Gasteiger partial charge >= 0.3 is 0 Å². The van der Waals surface area contributed by atoms with Crippen LogP contribution in [0.1, 0.15) is 24.8 Å². The van der Waals surface area contributed by atoms with Crippen molar-refractivity contribution in [2.24, 2.45) is 0 Å². The normalized spacial score (nSPS) is 15.8. The second-order valence-corrected chi connectivity index (χ2v) is 4.66. The number of hydrogen-bond donors (Lipinski definition) is 2. The van der Waals surface area contributed by atoms with Gasteiger partial charge in [-0.1, -0.05) is 12.1 Å². The topological polar surface area (TPSA) is 57.8 Å². The number of nitrogens with one attached hydrogen (secondary N) is 2. The molecule has 1 amide bonds. The largest absolute Gasteiger partial charge is 0.353 e. The first kappa shape index (κ1) is 10.3. The first-order chi connectivity index (χ1) is 8.31. The van der Waals surface area contributed by atoms with Gasteiger partial charge in [-0.05, 0) is 30.9 Å². The molecule has 0 saturated heterocycles. The van der Waals surface area contributed by atoms with Gasteiger partial charge in [0.1, 0.15) is 0 Å². The molecule has 4 nitrogen and oxygen atoms in total. The van der Waals surface area contributed by atoms with Gasteiger partial charge in [0, 0.05) is 11.4 Å². The van der Waals surface area contributed by atoms with Gasteiger partial charge in [0.2, 0.25) is 5.91 Å². The molecule has 0 spiro atoms. The summed E-state index contributed by atoms with van der Waals surface area (Å²) in [5.74, 6) is 0.119. The Bertz CT molecular complexity index is 542. The number of rotatable bonds is 3. The van der Waals surface area contributed by atoms with E-state index in [1.54, 1.807) is 6.20 Å². The molecule has 2 aromatic rings. The van der Waals surface area contributed by atoms with Crippen LogP contribution in [0.2, 0.25) is 0 Å². The lowest BCUT2D eigenvalue weighted by molar-refractivity contribution is -0.121. The van der Waals surface area contributed by atoms with Gasteiger partial charge in [-0.15, -0.1) is 0 Å². The minimum absolute atomic E-state index is 0.119. The number of aromatic nitrogens is 2. The molecule has 1 aliphatic carbocycles. The Hall–Kier alpha value is -1.84.